The van der Waals surface area contributed by atoms with Crippen LogP contribution in [0.1, 0.15) is 5.56 Å². The number of benzene rings is 2. The van der Waals surface area contributed by atoms with E-state index in [1.54, 1.807) is 18.2 Å². The van der Waals surface area contributed by atoms with Crippen molar-refractivity contribution in [1.82, 2.24) is 4.98 Å². The van der Waals surface area contributed by atoms with E-state index < -0.39 is 11.6 Å². The van der Waals surface area contributed by atoms with Crippen molar-refractivity contribution in [1.29, 1.82) is 0 Å². The van der Waals surface area contributed by atoms with Crippen LogP contribution in [0.25, 0.3) is 10.2 Å². The third-order valence-electron chi connectivity index (χ3n) is 3.46. The Kier molecular flexibility index (Phi) is 3.53. The van der Waals surface area contributed by atoms with Gasteiger partial charge in [0, 0.05) is 6.07 Å². The number of rotatable bonds is 3. The second-order valence-corrected chi connectivity index (χ2v) is 6.20. The summed E-state index contributed by atoms with van der Waals surface area (Å²) in [5, 5.41) is 2.82. The fraction of sp³-hybridized carbons (Fsp3) is 0.125. The molecule has 1 amide bonds. The molecule has 1 aliphatic rings. The number of aromatic nitrogens is 1. The van der Waals surface area contributed by atoms with Gasteiger partial charge in [-0.2, -0.15) is 0 Å². The van der Waals surface area contributed by atoms with Crippen molar-refractivity contribution in [3.63, 3.8) is 0 Å². The first-order valence-electron chi connectivity index (χ1n) is 7.02. The maximum Gasteiger partial charge on any atom is 0.231 e. The van der Waals surface area contributed by atoms with Gasteiger partial charge in [-0.25, -0.2) is 13.8 Å². The maximum atomic E-state index is 13.6. The predicted molar refractivity (Wildman–Crippen MR) is 84.4 cm³/mol. The SMILES string of the molecule is O=C(Cc1ccc2c(c1)OCO2)Nc1nc2c(F)cc(F)cc2s1. The zero-order valence-corrected chi connectivity index (χ0v) is 13.0. The van der Waals surface area contributed by atoms with Crippen LogP contribution >= 0.6 is 11.3 Å². The van der Waals surface area contributed by atoms with Gasteiger partial charge in [-0.05, 0) is 23.8 Å². The van der Waals surface area contributed by atoms with E-state index in [4.69, 9.17) is 9.47 Å². The van der Waals surface area contributed by atoms with Crippen LogP contribution in [0.2, 0.25) is 0 Å². The van der Waals surface area contributed by atoms with Crippen LogP contribution in [0.4, 0.5) is 13.9 Å². The van der Waals surface area contributed by atoms with E-state index in [1.165, 1.54) is 6.07 Å². The summed E-state index contributed by atoms with van der Waals surface area (Å²) in [5.74, 6) is -0.506. The molecule has 0 bridgehead atoms. The van der Waals surface area contributed by atoms with E-state index in [0.29, 0.717) is 16.2 Å². The second-order valence-electron chi connectivity index (χ2n) is 5.17. The molecule has 0 unspecified atom stereocenters. The lowest BCUT2D eigenvalue weighted by molar-refractivity contribution is -0.115. The minimum atomic E-state index is -0.752. The molecule has 1 aromatic heterocycles. The Morgan fingerprint density at radius 3 is 2.92 bits per heavy atom. The molecule has 4 rings (SSSR count). The molecule has 8 heteroatoms. The summed E-state index contributed by atoms with van der Waals surface area (Å²) in [5.41, 5.74) is 0.787. The van der Waals surface area contributed by atoms with Crippen LogP contribution in [-0.2, 0) is 11.2 Å². The number of thiazole rings is 1. The highest BCUT2D eigenvalue weighted by atomic mass is 32.1. The van der Waals surface area contributed by atoms with Crippen molar-refractivity contribution in [2.75, 3.05) is 12.1 Å². The molecule has 2 heterocycles. The van der Waals surface area contributed by atoms with E-state index in [9.17, 15) is 13.6 Å². The highest BCUT2D eigenvalue weighted by molar-refractivity contribution is 7.22. The van der Waals surface area contributed by atoms with Crippen LogP contribution in [-0.4, -0.2) is 17.7 Å². The highest BCUT2D eigenvalue weighted by Crippen LogP contribution is 2.33. The Hall–Kier alpha value is -2.74. The molecule has 5 nitrogen and oxygen atoms in total. The Bertz CT molecular complexity index is 958. The molecule has 0 aliphatic carbocycles. The fourth-order valence-electron chi connectivity index (χ4n) is 2.41. The summed E-state index contributed by atoms with van der Waals surface area (Å²) < 4.78 is 37.6. The minimum absolute atomic E-state index is 0.0415. The molecule has 0 fully saturated rings. The molecule has 0 atom stereocenters. The summed E-state index contributed by atoms with van der Waals surface area (Å²) in [6.07, 6.45) is 0.101. The first-order chi connectivity index (χ1) is 11.6. The van der Waals surface area contributed by atoms with Gasteiger partial charge in [0.1, 0.15) is 11.3 Å². The minimum Gasteiger partial charge on any atom is -0.454 e. The molecule has 0 spiro atoms. The van der Waals surface area contributed by atoms with E-state index in [0.717, 1.165) is 23.0 Å². The van der Waals surface area contributed by atoms with Gasteiger partial charge < -0.3 is 14.8 Å². The molecule has 24 heavy (non-hydrogen) atoms. The lowest BCUT2D eigenvalue weighted by Crippen LogP contribution is -2.14. The van der Waals surface area contributed by atoms with Gasteiger partial charge in [-0.15, -0.1) is 0 Å². The number of hydrogen-bond acceptors (Lipinski definition) is 5. The third-order valence-corrected chi connectivity index (χ3v) is 4.38. The number of hydrogen-bond donors (Lipinski definition) is 1. The number of fused-ring (bicyclic) bond motifs is 2. The van der Waals surface area contributed by atoms with Gasteiger partial charge >= 0.3 is 0 Å². The standard InChI is InChI=1S/C16H10F2N2O3S/c17-9-5-10(18)15-13(6-9)24-16(20-15)19-14(21)4-8-1-2-11-12(3-8)23-7-22-11/h1-3,5-6H,4,7H2,(H,19,20,21). The van der Waals surface area contributed by atoms with Crippen molar-refractivity contribution in [2.45, 2.75) is 6.42 Å². The van der Waals surface area contributed by atoms with Crippen molar-refractivity contribution in [3.8, 4) is 11.5 Å². The van der Waals surface area contributed by atoms with Crippen LogP contribution < -0.4 is 14.8 Å². The molecule has 1 N–H and O–H groups in total. The molecular formula is C16H10F2N2O3S. The van der Waals surface area contributed by atoms with Gasteiger partial charge in [0.05, 0.1) is 11.1 Å². The number of anilines is 1. The third kappa shape index (κ3) is 2.76. The number of ether oxygens (including phenoxy) is 2. The summed E-state index contributed by atoms with van der Waals surface area (Å²) in [6, 6.07) is 7.18. The van der Waals surface area contributed by atoms with E-state index in [-0.39, 0.29) is 29.8 Å². The van der Waals surface area contributed by atoms with Crippen LogP contribution in [0.15, 0.2) is 30.3 Å². The van der Waals surface area contributed by atoms with Gasteiger partial charge in [0.2, 0.25) is 12.7 Å². The number of halogens is 2. The fourth-order valence-corrected chi connectivity index (χ4v) is 3.33. The predicted octanol–water partition coefficient (Wildman–Crippen LogP) is 3.48. The molecule has 122 valence electrons. The van der Waals surface area contributed by atoms with E-state index in [1.807, 2.05) is 0 Å². The van der Waals surface area contributed by atoms with Crippen LogP contribution in [0, 0.1) is 11.6 Å². The topological polar surface area (TPSA) is 60.5 Å². The van der Waals surface area contributed by atoms with Gasteiger partial charge in [0.25, 0.3) is 0 Å². The zero-order valence-electron chi connectivity index (χ0n) is 12.1. The van der Waals surface area contributed by atoms with Crippen molar-refractivity contribution in [2.24, 2.45) is 0 Å². The molecule has 2 aromatic carbocycles. The number of carbonyl (C=O) groups excluding carboxylic acids is 1. The average molecular weight is 348 g/mol. The number of carbonyl (C=O) groups is 1. The molecular weight excluding hydrogens is 338 g/mol. The molecule has 0 radical (unpaired) electrons. The van der Waals surface area contributed by atoms with Crippen molar-refractivity contribution < 1.29 is 23.0 Å². The molecule has 0 saturated carbocycles. The van der Waals surface area contributed by atoms with Crippen molar-refractivity contribution in [3.05, 3.63) is 47.5 Å². The Balaban J connectivity index is 1.51. The van der Waals surface area contributed by atoms with E-state index in [2.05, 4.69) is 10.3 Å². The summed E-state index contributed by atoms with van der Waals surface area (Å²) >= 11 is 1.02. The second kappa shape index (κ2) is 5.72. The monoisotopic (exact) mass is 348 g/mol. The Morgan fingerprint density at radius 1 is 1.21 bits per heavy atom. The van der Waals surface area contributed by atoms with Gasteiger partial charge in [-0.3, -0.25) is 4.79 Å². The summed E-state index contributed by atoms with van der Waals surface area (Å²) in [4.78, 5) is 16.1. The molecule has 1 aliphatic heterocycles. The molecule has 3 aromatic rings. The average Bonchev–Trinajstić information content (AvgIpc) is 3.12. The lowest BCUT2D eigenvalue weighted by atomic mass is 10.1. The number of nitrogens with zero attached hydrogens (tertiary/aromatic N) is 1. The lowest BCUT2D eigenvalue weighted by Gasteiger charge is -2.03. The zero-order chi connectivity index (χ0) is 16.7. The first kappa shape index (κ1) is 14.8. The van der Waals surface area contributed by atoms with Gasteiger partial charge in [0.15, 0.2) is 22.4 Å². The smallest absolute Gasteiger partial charge is 0.231 e. The maximum absolute atomic E-state index is 13.6. The van der Waals surface area contributed by atoms with Crippen molar-refractivity contribution >= 4 is 32.6 Å². The largest absolute Gasteiger partial charge is 0.454 e. The normalized spacial score (nSPS) is 12.6. The van der Waals surface area contributed by atoms with Gasteiger partial charge in [-0.1, -0.05) is 17.4 Å². The first-order valence-corrected chi connectivity index (χ1v) is 7.84. The van der Waals surface area contributed by atoms with E-state index >= 15 is 0 Å². The van der Waals surface area contributed by atoms with Crippen LogP contribution in [0.3, 0.4) is 0 Å². The molecule has 0 saturated heterocycles. The Morgan fingerprint density at radius 2 is 2.04 bits per heavy atom. The quantitative estimate of drug-likeness (QED) is 0.787. The summed E-state index contributed by atoms with van der Waals surface area (Å²) in [7, 11) is 0. The van der Waals surface area contributed by atoms with Crippen LogP contribution in [0.5, 0.6) is 11.5 Å². The Labute approximate surface area is 138 Å². The number of amides is 1. The number of nitrogens with one attached hydrogen (secondary N) is 1. The highest BCUT2D eigenvalue weighted by Gasteiger charge is 2.16. The summed E-state index contributed by atoms with van der Waals surface area (Å²) in [6.45, 7) is 0.165.